The second kappa shape index (κ2) is 6.93. The van der Waals surface area contributed by atoms with Crippen LogP contribution in [0, 0.1) is 11.3 Å². The van der Waals surface area contributed by atoms with Crippen molar-refractivity contribution in [1.82, 2.24) is 14.9 Å². The van der Waals surface area contributed by atoms with Crippen molar-refractivity contribution in [2.75, 3.05) is 12.4 Å². The first-order valence-electron chi connectivity index (χ1n) is 7.74. The summed E-state index contributed by atoms with van der Waals surface area (Å²) in [5, 5.41) is 16.0. The third-order valence-electron chi connectivity index (χ3n) is 4.00. The third-order valence-corrected chi connectivity index (χ3v) is 5.28. The standard InChI is InChI=1S/C16H19N5O2S/c1-18-15-13(6-17)12-4-3-11(5-14(12)24-15)23-16(22)19-7-10-8-21(2)9-20-10/h8-9,11,18H,3-5,7H2,1-2H3,(H,19,22). The molecular weight excluding hydrogens is 326 g/mol. The number of alkyl carbamates (subject to hydrolysis) is 1. The number of imidazole rings is 1. The molecule has 1 aliphatic carbocycles. The van der Waals surface area contributed by atoms with Crippen molar-refractivity contribution in [2.45, 2.75) is 31.9 Å². The third kappa shape index (κ3) is 3.36. The van der Waals surface area contributed by atoms with Gasteiger partial charge in [-0.25, -0.2) is 9.78 Å². The first-order valence-corrected chi connectivity index (χ1v) is 8.56. The molecular formula is C16H19N5O2S. The molecule has 2 N–H and O–H groups in total. The smallest absolute Gasteiger partial charge is 0.407 e. The van der Waals surface area contributed by atoms with E-state index in [-0.39, 0.29) is 6.10 Å². The van der Waals surface area contributed by atoms with Crippen LogP contribution in [0.3, 0.4) is 0 Å². The molecule has 0 aromatic carbocycles. The lowest BCUT2D eigenvalue weighted by Gasteiger charge is -2.22. The molecule has 0 bridgehead atoms. The number of nitriles is 1. The van der Waals surface area contributed by atoms with Gasteiger partial charge in [-0.15, -0.1) is 11.3 Å². The average molecular weight is 345 g/mol. The molecule has 1 atom stereocenters. The number of fused-ring (bicyclic) bond motifs is 1. The van der Waals surface area contributed by atoms with Gasteiger partial charge in [0, 0.05) is 31.6 Å². The fourth-order valence-corrected chi connectivity index (χ4v) is 4.08. The van der Waals surface area contributed by atoms with Crippen molar-refractivity contribution < 1.29 is 9.53 Å². The van der Waals surface area contributed by atoms with Crippen molar-refractivity contribution in [3.05, 3.63) is 34.2 Å². The molecule has 8 heteroatoms. The predicted octanol–water partition coefficient (Wildman–Crippen LogP) is 2.18. The van der Waals surface area contributed by atoms with Gasteiger partial charge < -0.3 is 19.9 Å². The van der Waals surface area contributed by atoms with Crippen LogP contribution in [-0.2, 0) is 31.2 Å². The van der Waals surface area contributed by atoms with Crippen molar-refractivity contribution in [1.29, 1.82) is 5.26 Å². The molecule has 0 aliphatic heterocycles. The largest absolute Gasteiger partial charge is 0.446 e. The van der Waals surface area contributed by atoms with E-state index < -0.39 is 6.09 Å². The van der Waals surface area contributed by atoms with Gasteiger partial charge >= 0.3 is 6.09 Å². The highest BCUT2D eigenvalue weighted by molar-refractivity contribution is 7.16. The summed E-state index contributed by atoms with van der Waals surface area (Å²) < 4.78 is 7.34. The molecule has 2 aromatic heterocycles. The number of anilines is 1. The van der Waals surface area contributed by atoms with Crippen LogP contribution in [0.1, 0.15) is 28.1 Å². The number of thiophene rings is 1. The number of amides is 1. The number of carbonyl (C=O) groups is 1. The van der Waals surface area contributed by atoms with Crippen LogP contribution < -0.4 is 10.6 Å². The molecule has 0 saturated carbocycles. The Balaban J connectivity index is 1.57. The van der Waals surface area contributed by atoms with Crippen LogP contribution in [0.5, 0.6) is 0 Å². The van der Waals surface area contributed by atoms with E-state index in [2.05, 4.69) is 21.7 Å². The van der Waals surface area contributed by atoms with Crippen LogP contribution in [0.4, 0.5) is 9.80 Å². The number of nitrogens with one attached hydrogen (secondary N) is 2. The number of hydrogen-bond donors (Lipinski definition) is 2. The van der Waals surface area contributed by atoms with Crippen LogP contribution in [0.25, 0.3) is 0 Å². The van der Waals surface area contributed by atoms with Gasteiger partial charge in [-0.1, -0.05) is 0 Å². The molecule has 0 saturated heterocycles. The second-order valence-corrected chi connectivity index (χ2v) is 6.83. The molecule has 126 valence electrons. The van der Waals surface area contributed by atoms with Gasteiger partial charge in [-0.3, -0.25) is 0 Å². The van der Waals surface area contributed by atoms with E-state index in [9.17, 15) is 10.1 Å². The Morgan fingerprint density at radius 3 is 3.12 bits per heavy atom. The monoisotopic (exact) mass is 345 g/mol. The maximum absolute atomic E-state index is 12.0. The minimum atomic E-state index is -0.431. The lowest BCUT2D eigenvalue weighted by atomic mass is 9.94. The molecule has 24 heavy (non-hydrogen) atoms. The zero-order valence-electron chi connectivity index (χ0n) is 13.6. The molecule has 2 aromatic rings. The molecule has 1 amide bonds. The number of rotatable bonds is 4. The molecule has 0 spiro atoms. The maximum Gasteiger partial charge on any atom is 0.407 e. The highest BCUT2D eigenvalue weighted by Crippen LogP contribution is 2.38. The van der Waals surface area contributed by atoms with Crippen LogP contribution in [0.2, 0.25) is 0 Å². The number of ether oxygens (including phenoxy) is 1. The van der Waals surface area contributed by atoms with Gasteiger partial charge in [0.2, 0.25) is 0 Å². The van der Waals surface area contributed by atoms with Gasteiger partial charge in [0.25, 0.3) is 0 Å². The van der Waals surface area contributed by atoms with E-state index in [1.807, 2.05) is 24.9 Å². The van der Waals surface area contributed by atoms with Gasteiger partial charge in [0.05, 0.1) is 24.1 Å². The number of carbonyl (C=O) groups excluding carboxylic acids is 1. The fraction of sp³-hybridized carbons (Fsp3) is 0.438. The summed E-state index contributed by atoms with van der Waals surface area (Å²) in [5.74, 6) is 0. The Hall–Kier alpha value is -2.53. The number of nitrogens with zero attached hydrogens (tertiary/aromatic N) is 3. The van der Waals surface area contributed by atoms with E-state index in [1.54, 1.807) is 17.7 Å². The number of aromatic nitrogens is 2. The molecule has 1 aliphatic rings. The number of aryl methyl sites for hydroxylation is 1. The lowest BCUT2D eigenvalue weighted by molar-refractivity contribution is 0.0897. The van der Waals surface area contributed by atoms with E-state index in [1.165, 1.54) is 0 Å². The molecule has 2 heterocycles. The molecule has 0 radical (unpaired) electrons. The molecule has 3 rings (SSSR count). The maximum atomic E-state index is 12.0. The summed E-state index contributed by atoms with van der Waals surface area (Å²) in [5.41, 5.74) is 2.62. The Morgan fingerprint density at radius 2 is 2.46 bits per heavy atom. The molecule has 0 fully saturated rings. The van der Waals surface area contributed by atoms with Crippen molar-refractivity contribution in [3.8, 4) is 6.07 Å². The van der Waals surface area contributed by atoms with Crippen LogP contribution in [-0.4, -0.2) is 28.8 Å². The quantitative estimate of drug-likeness (QED) is 0.886. The summed E-state index contributed by atoms with van der Waals surface area (Å²) in [6, 6.07) is 2.27. The summed E-state index contributed by atoms with van der Waals surface area (Å²) in [6.45, 7) is 0.346. The Morgan fingerprint density at radius 1 is 1.62 bits per heavy atom. The van der Waals surface area contributed by atoms with Crippen molar-refractivity contribution in [3.63, 3.8) is 0 Å². The highest BCUT2D eigenvalue weighted by Gasteiger charge is 2.27. The topological polar surface area (TPSA) is 92.0 Å². The summed E-state index contributed by atoms with van der Waals surface area (Å²) >= 11 is 1.57. The fourth-order valence-electron chi connectivity index (χ4n) is 2.86. The summed E-state index contributed by atoms with van der Waals surface area (Å²) in [6.07, 6.45) is 5.10. The summed E-state index contributed by atoms with van der Waals surface area (Å²) in [7, 11) is 3.70. The Bertz CT molecular complexity index is 789. The van der Waals surface area contributed by atoms with Crippen LogP contribution in [0.15, 0.2) is 12.5 Å². The minimum Gasteiger partial charge on any atom is -0.446 e. The zero-order chi connectivity index (χ0) is 17.1. The zero-order valence-corrected chi connectivity index (χ0v) is 14.4. The lowest BCUT2D eigenvalue weighted by Crippen LogP contribution is -2.31. The predicted molar refractivity (Wildman–Crippen MR) is 90.9 cm³/mol. The van der Waals surface area contributed by atoms with Gasteiger partial charge in [0.15, 0.2) is 0 Å². The first kappa shape index (κ1) is 16.3. The highest BCUT2D eigenvalue weighted by atomic mass is 32.1. The van der Waals surface area contributed by atoms with E-state index in [0.717, 1.165) is 39.5 Å². The summed E-state index contributed by atoms with van der Waals surface area (Å²) in [4.78, 5) is 17.2. The van der Waals surface area contributed by atoms with E-state index >= 15 is 0 Å². The Kier molecular flexibility index (Phi) is 4.71. The molecule has 1 unspecified atom stereocenters. The van der Waals surface area contributed by atoms with Crippen molar-refractivity contribution >= 4 is 22.4 Å². The Labute approximate surface area is 144 Å². The van der Waals surface area contributed by atoms with E-state index in [0.29, 0.717) is 13.0 Å². The normalized spacial score (nSPS) is 16.1. The molecule has 7 nitrogen and oxygen atoms in total. The number of hydrogen-bond acceptors (Lipinski definition) is 6. The van der Waals surface area contributed by atoms with Gasteiger partial charge in [0.1, 0.15) is 17.2 Å². The van der Waals surface area contributed by atoms with Gasteiger partial charge in [-0.2, -0.15) is 5.26 Å². The SMILES string of the molecule is CNc1sc2c(c1C#N)CCC(OC(=O)NCc1cn(C)cn1)C2. The van der Waals surface area contributed by atoms with E-state index in [4.69, 9.17) is 4.74 Å². The average Bonchev–Trinajstić information content (AvgIpc) is 3.15. The second-order valence-electron chi connectivity index (χ2n) is 5.72. The first-order chi connectivity index (χ1) is 11.6. The minimum absolute atomic E-state index is 0.156. The van der Waals surface area contributed by atoms with Crippen LogP contribution >= 0.6 is 11.3 Å². The van der Waals surface area contributed by atoms with Crippen molar-refractivity contribution in [2.24, 2.45) is 7.05 Å². The van der Waals surface area contributed by atoms with Gasteiger partial charge in [-0.05, 0) is 18.4 Å².